The second-order valence-corrected chi connectivity index (χ2v) is 7.66. The number of carbonyl (C=O) groups is 2. The minimum absolute atomic E-state index is 0.0974. The van der Waals surface area contributed by atoms with Crippen LogP contribution in [0, 0.1) is 5.92 Å². The zero-order chi connectivity index (χ0) is 20.1. The molecule has 1 amide bonds. The number of fused-ring (bicyclic) bond motifs is 1. The van der Waals surface area contributed by atoms with Gasteiger partial charge >= 0.3 is 0 Å². The van der Waals surface area contributed by atoms with Crippen molar-refractivity contribution in [3.8, 4) is 5.75 Å². The van der Waals surface area contributed by atoms with E-state index in [1.165, 1.54) is 6.07 Å². The number of hydrogen-bond donors (Lipinski definition) is 1. The number of Topliss-reactive ketones (excluding diaryl/α,β-unsaturated/α-hetero) is 1. The molecule has 1 aliphatic carbocycles. The van der Waals surface area contributed by atoms with Crippen molar-refractivity contribution in [2.45, 2.75) is 51.5 Å². The highest BCUT2D eigenvalue weighted by atomic mass is 16.5. The number of carbonyl (C=O) groups excluding carboxylic acids is 2. The van der Waals surface area contributed by atoms with E-state index in [9.17, 15) is 14.4 Å². The number of aromatic nitrogens is 1. The van der Waals surface area contributed by atoms with Gasteiger partial charge in [-0.25, -0.2) is 0 Å². The van der Waals surface area contributed by atoms with Crippen LogP contribution in [-0.4, -0.2) is 41.3 Å². The zero-order valence-corrected chi connectivity index (χ0v) is 16.6. The summed E-state index contributed by atoms with van der Waals surface area (Å²) < 4.78 is 5.76. The van der Waals surface area contributed by atoms with Crippen LogP contribution in [0.2, 0.25) is 0 Å². The average Bonchev–Trinajstić information content (AvgIpc) is 2.70. The van der Waals surface area contributed by atoms with Gasteiger partial charge in [-0.15, -0.1) is 0 Å². The Morgan fingerprint density at radius 2 is 2.04 bits per heavy atom. The molecule has 1 aromatic heterocycles. The van der Waals surface area contributed by atoms with E-state index in [4.69, 9.17) is 4.74 Å². The summed E-state index contributed by atoms with van der Waals surface area (Å²) in [6, 6.07) is 8.93. The van der Waals surface area contributed by atoms with Crippen LogP contribution in [0.4, 0.5) is 0 Å². The van der Waals surface area contributed by atoms with Gasteiger partial charge in [0.05, 0.1) is 6.61 Å². The maximum absolute atomic E-state index is 12.5. The van der Waals surface area contributed by atoms with Gasteiger partial charge in [0, 0.05) is 42.4 Å². The maximum atomic E-state index is 12.5. The molecule has 0 radical (unpaired) electrons. The van der Waals surface area contributed by atoms with Crippen LogP contribution in [0.25, 0.3) is 10.9 Å². The predicted octanol–water partition coefficient (Wildman–Crippen LogP) is 3.29. The number of H-pyrrole nitrogens is 1. The molecule has 6 nitrogen and oxygen atoms in total. The number of rotatable bonds is 7. The van der Waals surface area contributed by atoms with Crippen LogP contribution in [0.3, 0.4) is 0 Å². The highest BCUT2D eigenvalue weighted by Crippen LogP contribution is 2.28. The first-order chi connectivity index (χ1) is 13.4. The lowest BCUT2D eigenvalue weighted by atomic mass is 9.83. The Balaban J connectivity index is 1.45. The van der Waals surface area contributed by atoms with Crippen LogP contribution in [0.15, 0.2) is 35.1 Å². The first-order valence-corrected chi connectivity index (χ1v) is 9.96. The summed E-state index contributed by atoms with van der Waals surface area (Å²) in [5.41, 5.74) is 0.643. The number of benzene rings is 1. The normalized spacial score (nSPS) is 19.4. The number of amides is 1. The van der Waals surface area contributed by atoms with Crippen LogP contribution in [0.5, 0.6) is 5.75 Å². The standard InChI is InChI=1S/C22H28N2O4/c1-15(25)16-5-3-6-18(13-16)24(2)22(27)7-4-12-28-19-9-10-20-17(14-19)8-11-21(26)23-20/h8-11,14,16,18H,3-7,12-13H2,1-2H3,(H,23,26). The molecule has 150 valence electrons. The number of nitrogens with one attached hydrogen (secondary N) is 1. The number of ketones is 1. The Hall–Kier alpha value is -2.63. The molecular formula is C22H28N2O4. The van der Waals surface area contributed by atoms with E-state index in [1.54, 1.807) is 13.0 Å². The van der Waals surface area contributed by atoms with Crippen molar-refractivity contribution in [3.63, 3.8) is 0 Å². The molecule has 0 spiro atoms. The Labute approximate surface area is 164 Å². The summed E-state index contributed by atoms with van der Waals surface area (Å²) in [5.74, 6) is 1.16. The molecule has 1 aromatic carbocycles. The third-order valence-corrected chi connectivity index (χ3v) is 5.66. The molecule has 6 heteroatoms. The van der Waals surface area contributed by atoms with Crippen molar-refractivity contribution in [3.05, 3.63) is 40.7 Å². The predicted molar refractivity (Wildman–Crippen MR) is 108 cm³/mol. The van der Waals surface area contributed by atoms with E-state index >= 15 is 0 Å². The van der Waals surface area contributed by atoms with E-state index < -0.39 is 0 Å². The lowest BCUT2D eigenvalue weighted by Crippen LogP contribution is -2.41. The lowest BCUT2D eigenvalue weighted by molar-refractivity contribution is -0.134. The number of nitrogens with zero attached hydrogens (tertiary/aromatic N) is 1. The average molecular weight is 384 g/mol. The molecule has 2 atom stereocenters. The van der Waals surface area contributed by atoms with Crippen LogP contribution < -0.4 is 10.3 Å². The van der Waals surface area contributed by atoms with Crippen molar-refractivity contribution < 1.29 is 14.3 Å². The Bertz CT molecular complexity index is 905. The summed E-state index contributed by atoms with van der Waals surface area (Å²) in [7, 11) is 1.85. The number of aromatic amines is 1. The Morgan fingerprint density at radius 1 is 1.21 bits per heavy atom. The minimum atomic E-state index is -0.128. The number of hydrogen-bond acceptors (Lipinski definition) is 4. The molecule has 1 aliphatic rings. The fourth-order valence-electron chi connectivity index (χ4n) is 3.90. The van der Waals surface area contributed by atoms with Crippen molar-refractivity contribution >= 4 is 22.6 Å². The largest absolute Gasteiger partial charge is 0.494 e. The third-order valence-electron chi connectivity index (χ3n) is 5.66. The van der Waals surface area contributed by atoms with Gasteiger partial charge in [0.25, 0.3) is 0 Å². The molecule has 28 heavy (non-hydrogen) atoms. The topological polar surface area (TPSA) is 79.5 Å². The Morgan fingerprint density at radius 3 is 2.82 bits per heavy atom. The molecule has 1 fully saturated rings. The zero-order valence-electron chi connectivity index (χ0n) is 16.6. The smallest absolute Gasteiger partial charge is 0.248 e. The van der Waals surface area contributed by atoms with E-state index in [2.05, 4.69) is 4.98 Å². The summed E-state index contributed by atoms with van der Waals surface area (Å²) in [6.45, 7) is 2.10. The molecule has 1 N–H and O–H groups in total. The fraction of sp³-hybridized carbons (Fsp3) is 0.500. The third kappa shape index (κ3) is 5.00. The minimum Gasteiger partial charge on any atom is -0.494 e. The Kier molecular flexibility index (Phi) is 6.49. The monoisotopic (exact) mass is 384 g/mol. The number of pyridine rings is 1. The van der Waals surface area contributed by atoms with Crippen LogP contribution >= 0.6 is 0 Å². The first kappa shape index (κ1) is 20.1. The quantitative estimate of drug-likeness (QED) is 0.743. The van der Waals surface area contributed by atoms with Gasteiger partial charge in [0.2, 0.25) is 11.5 Å². The van der Waals surface area contributed by atoms with Crippen molar-refractivity contribution in [1.82, 2.24) is 9.88 Å². The molecule has 1 saturated carbocycles. The molecular weight excluding hydrogens is 356 g/mol. The van der Waals surface area contributed by atoms with Gasteiger partial charge in [0.15, 0.2) is 0 Å². The van der Waals surface area contributed by atoms with Gasteiger partial charge in [-0.3, -0.25) is 14.4 Å². The fourth-order valence-corrected chi connectivity index (χ4v) is 3.90. The summed E-state index contributed by atoms with van der Waals surface area (Å²) >= 11 is 0. The number of ether oxygens (including phenoxy) is 1. The second-order valence-electron chi connectivity index (χ2n) is 7.66. The molecule has 1 heterocycles. The highest BCUT2D eigenvalue weighted by molar-refractivity contribution is 5.80. The van der Waals surface area contributed by atoms with Gasteiger partial charge in [-0.1, -0.05) is 6.42 Å². The van der Waals surface area contributed by atoms with Gasteiger partial charge < -0.3 is 14.6 Å². The highest BCUT2D eigenvalue weighted by Gasteiger charge is 2.29. The van der Waals surface area contributed by atoms with Gasteiger partial charge in [0.1, 0.15) is 11.5 Å². The summed E-state index contributed by atoms with van der Waals surface area (Å²) in [4.78, 5) is 40.0. The summed E-state index contributed by atoms with van der Waals surface area (Å²) in [6.07, 6.45) is 4.77. The maximum Gasteiger partial charge on any atom is 0.248 e. The van der Waals surface area contributed by atoms with E-state index in [-0.39, 0.29) is 29.2 Å². The molecule has 2 aromatic rings. The van der Waals surface area contributed by atoms with E-state index in [0.29, 0.717) is 19.4 Å². The first-order valence-electron chi connectivity index (χ1n) is 9.96. The molecule has 0 saturated heterocycles. The van der Waals surface area contributed by atoms with Crippen molar-refractivity contribution in [2.24, 2.45) is 5.92 Å². The van der Waals surface area contributed by atoms with Crippen LogP contribution in [0.1, 0.15) is 45.4 Å². The summed E-state index contributed by atoms with van der Waals surface area (Å²) in [5, 5.41) is 0.908. The van der Waals surface area contributed by atoms with Gasteiger partial charge in [-0.05, 0) is 56.9 Å². The van der Waals surface area contributed by atoms with Crippen molar-refractivity contribution in [2.75, 3.05) is 13.7 Å². The lowest BCUT2D eigenvalue weighted by Gasteiger charge is -2.34. The molecule has 3 rings (SSSR count). The molecule has 0 bridgehead atoms. The van der Waals surface area contributed by atoms with Crippen molar-refractivity contribution in [1.29, 1.82) is 0 Å². The molecule has 2 unspecified atom stereocenters. The van der Waals surface area contributed by atoms with Crippen LogP contribution in [-0.2, 0) is 9.59 Å². The van der Waals surface area contributed by atoms with Gasteiger partial charge in [-0.2, -0.15) is 0 Å². The SMILES string of the molecule is CC(=O)C1CCCC(N(C)C(=O)CCCOc2ccc3[nH]c(=O)ccc3c2)C1. The second kappa shape index (κ2) is 9.04. The van der Waals surface area contributed by atoms with E-state index in [0.717, 1.165) is 42.3 Å². The molecule has 0 aliphatic heterocycles. The van der Waals surface area contributed by atoms with E-state index in [1.807, 2.05) is 30.1 Å².